The van der Waals surface area contributed by atoms with Crippen molar-refractivity contribution in [2.75, 3.05) is 12.3 Å². The van der Waals surface area contributed by atoms with E-state index < -0.39 is 15.4 Å². The molecule has 9 heteroatoms. The summed E-state index contributed by atoms with van der Waals surface area (Å²) in [5, 5.41) is 19.5. The van der Waals surface area contributed by atoms with Crippen LogP contribution >= 0.6 is 0 Å². The zero-order valence-electron chi connectivity index (χ0n) is 12.6. The third-order valence-electron chi connectivity index (χ3n) is 3.28. The fourth-order valence-corrected chi connectivity index (χ4v) is 2.86. The maximum Gasteiger partial charge on any atom is 0.233 e. The van der Waals surface area contributed by atoms with Gasteiger partial charge in [0.1, 0.15) is 5.41 Å². The Bertz CT molecular complexity index is 456. The lowest BCUT2D eigenvalue weighted by Gasteiger charge is -2.30. The summed E-state index contributed by atoms with van der Waals surface area (Å²) in [6.07, 6.45) is 2.52. The van der Waals surface area contributed by atoms with Crippen molar-refractivity contribution in [3.8, 4) is 0 Å². The van der Waals surface area contributed by atoms with E-state index in [1.54, 1.807) is 0 Å². The van der Waals surface area contributed by atoms with Crippen LogP contribution in [0.25, 0.3) is 0 Å². The molecule has 0 aliphatic rings. The van der Waals surface area contributed by atoms with E-state index in [1.165, 1.54) is 0 Å². The van der Waals surface area contributed by atoms with Crippen LogP contribution in [0.4, 0.5) is 0 Å². The highest BCUT2D eigenvalue weighted by atomic mass is 32.2. The molecule has 0 saturated carbocycles. The quantitative estimate of drug-likeness (QED) is 0.148. The molecule has 0 aliphatic heterocycles. The summed E-state index contributed by atoms with van der Waals surface area (Å²) in [6, 6.07) is 0. The second-order valence-corrected chi connectivity index (χ2v) is 6.78. The number of carbonyl (C=O) groups excluding carboxylic acids is 1. The number of rotatable bonds is 10. The summed E-state index contributed by atoms with van der Waals surface area (Å²) in [6.45, 7) is 3.98. The van der Waals surface area contributed by atoms with E-state index in [-0.39, 0.29) is 30.5 Å². The Morgan fingerprint density at radius 3 is 2.19 bits per heavy atom. The van der Waals surface area contributed by atoms with Gasteiger partial charge in [-0.15, -0.1) is 0 Å². The molecular weight excluding hydrogens is 296 g/mol. The van der Waals surface area contributed by atoms with E-state index in [4.69, 9.17) is 16.1 Å². The standard InChI is InChI=1S/C12H26N4O4S/c1-3-6-12(7-4-2,10(13)16-18)11(17)15-8-5-9-21(14,19)20/h18H,3-9H2,1-2H3,(H2,13,16)(H,15,17)(H2,14,19,20). The van der Waals surface area contributed by atoms with Crippen LogP contribution in [-0.2, 0) is 14.8 Å². The summed E-state index contributed by atoms with van der Waals surface area (Å²) in [4.78, 5) is 12.4. The van der Waals surface area contributed by atoms with E-state index in [1.807, 2.05) is 13.8 Å². The Morgan fingerprint density at radius 1 is 1.29 bits per heavy atom. The first-order valence-electron chi connectivity index (χ1n) is 7.00. The maximum absolute atomic E-state index is 12.4. The van der Waals surface area contributed by atoms with Gasteiger partial charge in [0.2, 0.25) is 15.9 Å². The van der Waals surface area contributed by atoms with Crippen molar-refractivity contribution in [2.24, 2.45) is 21.4 Å². The monoisotopic (exact) mass is 322 g/mol. The van der Waals surface area contributed by atoms with Crippen LogP contribution < -0.4 is 16.2 Å². The maximum atomic E-state index is 12.4. The summed E-state index contributed by atoms with van der Waals surface area (Å²) in [5.41, 5.74) is 4.67. The fourth-order valence-electron chi connectivity index (χ4n) is 2.32. The van der Waals surface area contributed by atoms with Crippen molar-refractivity contribution in [2.45, 2.75) is 46.0 Å². The Morgan fingerprint density at radius 2 is 1.81 bits per heavy atom. The number of primary sulfonamides is 1. The number of amidine groups is 1. The molecule has 0 aromatic heterocycles. The molecule has 8 nitrogen and oxygen atoms in total. The van der Waals surface area contributed by atoms with E-state index in [0.29, 0.717) is 25.7 Å². The molecule has 0 fully saturated rings. The number of nitrogens with one attached hydrogen (secondary N) is 1. The van der Waals surface area contributed by atoms with Crippen molar-refractivity contribution in [3.05, 3.63) is 0 Å². The minimum absolute atomic E-state index is 0.116. The van der Waals surface area contributed by atoms with Crippen molar-refractivity contribution in [1.29, 1.82) is 0 Å². The van der Waals surface area contributed by atoms with Gasteiger partial charge in [0.05, 0.1) is 5.75 Å². The van der Waals surface area contributed by atoms with Gasteiger partial charge in [0.15, 0.2) is 5.84 Å². The molecular formula is C12H26N4O4S. The number of nitrogens with two attached hydrogens (primary N) is 2. The zero-order valence-corrected chi connectivity index (χ0v) is 13.4. The molecule has 6 N–H and O–H groups in total. The largest absolute Gasteiger partial charge is 0.409 e. The lowest BCUT2D eigenvalue weighted by molar-refractivity contribution is -0.128. The highest BCUT2D eigenvalue weighted by molar-refractivity contribution is 7.89. The number of hydrogen-bond acceptors (Lipinski definition) is 5. The first-order valence-corrected chi connectivity index (χ1v) is 8.71. The number of amides is 1. The van der Waals surface area contributed by atoms with Crippen LogP contribution in [0.3, 0.4) is 0 Å². The first kappa shape index (κ1) is 19.7. The predicted octanol–water partition coefficient (Wildman–Crippen LogP) is 0.114. The van der Waals surface area contributed by atoms with Gasteiger partial charge in [-0.3, -0.25) is 4.79 Å². The van der Waals surface area contributed by atoms with Gasteiger partial charge in [-0.05, 0) is 19.3 Å². The zero-order chi connectivity index (χ0) is 16.5. The summed E-state index contributed by atoms with van der Waals surface area (Å²) in [7, 11) is -3.54. The molecule has 0 heterocycles. The second-order valence-electron chi connectivity index (χ2n) is 5.04. The Kier molecular flexibility index (Phi) is 8.26. The Balaban J connectivity index is 4.87. The molecule has 0 rings (SSSR count). The predicted molar refractivity (Wildman–Crippen MR) is 81.3 cm³/mol. The number of carbonyl (C=O) groups is 1. The topological polar surface area (TPSA) is 148 Å². The van der Waals surface area contributed by atoms with Gasteiger partial charge in [-0.1, -0.05) is 31.8 Å². The third kappa shape index (κ3) is 6.30. The van der Waals surface area contributed by atoms with E-state index in [0.717, 1.165) is 0 Å². The molecule has 0 aliphatic carbocycles. The summed E-state index contributed by atoms with van der Waals surface area (Å²) in [5.74, 6) is -0.670. The molecule has 0 atom stereocenters. The molecule has 0 saturated heterocycles. The second kappa shape index (κ2) is 8.83. The lowest BCUT2D eigenvalue weighted by Crippen LogP contribution is -2.50. The highest BCUT2D eigenvalue weighted by Gasteiger charge is 2.41. The minimum Gasteiger partial charge on any atom is -0.409 e. The molecule has 0 spiro atoms. The number of hydrogen-bond donors (Lipinski definition) is 4. The van der Waals surface area contributed by atoms with Crippen LogP contribution in [0.2, 0.25) is 0 Å². The average molecular weight is 322 g/mol. The normalized spacial score (nSPS) is 13.2. The molecule has 0 aromatic rings. The molecule has 0 bridgehead atoms. The number of nitrogens with zero attached hydrogens (tertiary/aromatic N) is 1. The molecule has 124 valence electrons. The summed E-state index contributed by atoms with van der Waals surface area (Å²) >= 11 is 0. The Hall–Kier alpha value is -1.35. The van der Waals surface area contributed by atoms with E-state index >= 15 is 0 Å². The van der Waals surface area contributed by atoms with Gasteiger partial charge in [-0.2, -0.15) is 0 Å². The van der Waals surface area contributed by atoms with Gasteiger partial charge in [0.25, 0.3) is 0 Å². The Labute approximate surface area is 126 Å². The van der Waals surface area contributed by atoms with Gasteiger partial charge < -0.3 is 16.3 Å². The van der Waals surface area contributed by atoms with Crippen LogP contribution in [-0.4, -0.2) is 37.7 Å². The van der Waals surface area contributed by atoms with Crippen LogP contribution in [0, 0.1) is 5.41 Å². The van der Waals surface area contributed by atoms with Crippen molar-refractivity contribution in [1.82, 2.24) is 5.32 Å². The molecule has 0 aromatic carbocycles. The van der Waals surface area contributed by atoms with E-state index in [2.05, 4.69) is 10.5 Å². The highest BCUT2D eigenvalue weighted by Crippen LogP contribution is 2.30. The lowest BCUT2D eigenvalue weighted by atomic mass is 9.77. The van der Waals surface area contributed by atoms with Crippen molar-refractivity contribution in [3.63, 3.8) is 0 Å². The van der Waals surface area contributed by atoms with Crippen molar-refractivity contribution < 1.29 is 18.4 Å². The molecule has 21 heavy (non-hydrogen) atoms. The first-order chi connectivity index (χ1) is 9.73. The smallest absolute Gasteiger partial charge is 0.233 e. The molecule has 0 radical (unpaired) electrons. The number of sulfonamides is 1. The molecule has 0 unspecified atom stereocenters. The van der Waals surface area contributed by atoms with Crippen LogP contribution in [0.5, 0.6) is 0 Å². The van der Waals surface area contributed by atoms with Crippen LogP contribution in [0.1, 0.15) is 46.0 Å². The molecule has 1 amide bonds. The van der Waals surface area contributed by atoms with Gasteiger partial charge in [-0.25, -0.2) is 13.6 Å². The van der Waals surface area contributed by atoms with E-state index in [9.17, 15) is 13.2 Å². The minimum atomic E-state index is -3.54. The van der Waals surface area contributed by atoms with Crippen LogP contribution in [0.15, 0.2) is 5.16 Å². The summed E-state index contributed by atoms with van der Waals surface area (Å²) < 4.78 is 21.7. The number of oxime groups is 1. The van der Waals surface area contributed by atoms with Crippen molar-refractivity contribution >= 4 is 21.8 Å². The fraction of sp³-hybridized carbons (Fsp3) is 0.833. The SMILES string of the molecule is CCCC(CCC)(C(=O)NCCCS(N)(=O)=O)C(N)=NO. The third-order valence-corrected chi connectivity index (χ3v) is 4.14. The average Bonchev–Trinajstić information content (AvgIpc) is 2.40. The van der Waals surface area contributed by atoms with Gasteiger partial charge >= 0.3 is 0 Å². The van der Waals surface area contributed by atoms with Gasteiger partial charge in [0, 0.05) is 6.54 Å².